The lowest BCUT2D eigenvalue weighted by atomic mass is 10.2. The van der Waals surface area contributed by atoms with E-state index in [1.165, 1.54) is 24.4 Å². The number of aromatic hydroxyl groups is 2. The summed E-state index contributed by atoms with van der Waals surface area (Å²) in [5, 5.41) is 22.5. The van der Waals surface area contributed by atoms with Crippen molar-refractivity contribution in [2.45, 2.75) is 0 Å². The van der Waals surface area contributed by atoms with Crippen LogP contribution >= 0.6 is 22.6 Å². The van der Waals surface area contributed by atoms with E-state index in [1.807, 2.05) is 12.1 Å². The van der Waals surface area contributed by atoms with E-state index >= 15 is 0 Å². The zero-order chi connectivity index (χ0) is 14.5. The van der Waals surface area contributed by atoms with E-state index in [0.717, 1.165) is 3.57 Å². The van der Waals surface area contributed by atoms with Gasteiger partial charge in [-0.1, -0.05) is 12.1 Å². The SMILES string of the molecule is O=C(N/N=C\c1ccc(O)cc1O)c1ccccc1I. The van der Waals surface area contributed by atoms with Gasteiger partial charge < -0.3 is 10.2 Å². The van der Waals surface area contributed by atoms with Gasteiger partial charge in [0, 0.05) is 15.2 Å². The van der Waals surface area contributed by atoms with Gasteiger partial charge in [-0.2, -0.15) is 5.10 Å². The molecule has 0 unspecified atom stereocenters. The molecule has 20 heavy (non-hydrogen) atoms. The Kier molecular flexibility index (Phi) is 4.57. The number of carbonyl (C=O) groups is 1. The predicted molar refractivity (Wildman–Crippen MR) is 84.0 cm³/mol. The van der Waals surface area contributed by atoms with Crippen LogP contribution in [0.15, 0.2) is 47.6 Å². The fraction of sp³-hybridized carbons (Fsp3) is 0. The maximum absolute atomic E-state index is 11.9. The predicted octanol–water partition coefficient (Wildman–Crippen LogP) is 2.47. The molecule has 0 fully saturated rings. The van der Waals surface area contributed by atoms with Gasteiger partial charge in [0.1, 0.15) is 11.5 Å². The quantitative estimate of drug-likeness (QED) is 0.434. The number of hydrogen-bond acceptors (Lipinski definition) is 4. The molecule has 102 valence electrons. The summed E-state index contributed by atoms with van der Waals surface area (Å²) in [5.74, 6) is -0.482. The van der Waals surface area contributed by atoms with E-state index in [9.17, 15) is 9.90 Å². The van der Waals surface area contributed by atoms with Crippen LogP contribution in [0.1, 0.15) is 15.9 Å². The van der Waals surface area contributed by atoms with Crippen molar-refractivity contribution >= 4 is 34.7 Å². The van der Waals surface area contributed by atoms with Crippen molar-refractivity contribution in [3.63, 3.8) is 0 Å². The smallest absolute Gasteiger partial charge is 0.272 e. The molecule has 0 aromatic heterocycles. The van der Waals surface area contributed by atoms with E-state index in [-0.39, 0.29) is 17.4 Å². The van der Waals surface area contributed by atoms with Crippen molar-refractivity contribution in [1.82, 2.24) is 5.43 Å². The third-order valence-corrected chi connectivity index (χ3v) is 3.44. The van der Waals surface area contributed by atoms with Crippen LogP contribution < -0.4 is 5.43 Å². The van der Waals surface area contributed by atoms with Gasteiger partial charge in [0.15, 0.2) is 0 Å². The first-order valence-corrected chi connectivity index (χ1v) is 6.75. The molecule has 0 aliphatic carbocycles. The Bertz CT molecular complexity index is 671. The van der Waals surface area contributed by atoms with Gasteiger partial charge in [0.2, 0.25) is 0 Å². The van der Waals surface area contributed by atoms with Crippen LogP contribution in [0.25, 0.3) is 0 Å². The molecule has 0 saturated heterocycles. The zero-order valence-electron chi connectivity index (χ0n) is 10.2. The lowest BCUT2D eigenvalue weighted by Gasteiger charge is -2.02. The number of phenolic OH excluding ortho intramolecular Hbond substituents is 2. The van der Waals surface area contributed by atoms with Crippen LogP contribution in [0.5, 0.6) is 11.5 Å². The summed E-state index contributed by atoms with van der Waals surface area (Å²) in [4.78, 5) is 11.9. The highest BCUT2D eigenvalue weighted by Crippen LogP contribution is 2.20. The molecule has 0 aliphatic rings. The van der Waals surface area contributed by atoms with E-state index < -0.39 is 0 Å². The summed E-state index contributed by atoms with van der Waals surface area (Å²) in [5.41, 5.74) is 3.30. The molecule has 0 radical (unpaired) electrons. The molecule has 5 nitrogen and oxygen atoms in total. The Morgan fingerprint density at radius 2 is 1.95 bits per heavy atom. The number of rotatable bonds is 3. The van der Waals surface area contributed by atoms with Crippen molar-refractivity contribution < 1.29 is 15.0 Å². The molecule has 2 aromatic rings. The topological polar surface area (TPSA) is 81.9 Å². The maximum Gasteiger partial charge on any atom is 0.272 e. The first kappa shape index (κ1) is 14.3. The number of hydrogen-bond donors (Lipinski definition) is 3. The Balaban J connectivity index is 2.07. The van der Waals surface area contributed by atoms with Crippen LogP contribution in [0.3, 0.4) is 0 Å². The van der Waals surface area contributed by atoms with Crippen molar-refractivity contribution in [1.29, 1.82) is 0 Å². The lowest BCUT2D eigenvalue weighted by Crippen LogP contribution is -2.18. The van der Waals surface area contributed by atoms with Crippen molar-refractivity contribution in [2.75, 3.05) is 0 Å². The number of carbonyl (C=O) groups excluding carboxylic acids is 1. The third-order valence-electron chi connectivity index (χ3n) is 2.50. The second-order valence-corrected chi connectivity index (χ2v) is 5.08. The maximum atomic E-state index is 11.9. The standard InChI is InChI=1S/C14H11IN2O3/c15-12-4-2-1-3-11(12)14(20)17-16-8-9-5-6-10(18)7-13(9)19/h1-8,18-19H,(H,17,20)/b16-8-. The molecule has 0 spiro atoms. The number of nitrogens with one attached hydrogen (secondary N) is 1. The van der Waals surface area contributed by atoms with E-state index in [0.29, 0.717) is 11.1 Å². The molecule has 3 N–H and O–H groups in total. The van der Waals surface area contributed by atoms with Crippen LogP contribution in [0.2, 0.25) is 0 Å². The number of benzene rings is 2. The number of hydrazone groups is 1. The third kappa shape index (κ3) is 3.47. The average Bonchev–Trinajstić information content (AvgIpc) is 2.41. The van der Waals surface area contributed by atoms with E-state index in [4.69, 9.17) is 5.11 Å². The highest BCUT2D eigenvalue weighted by Gasteiger charge is 2.07. The summed E-state index contributed by atoms with van der Waals surface area (Å²) in [6, 6.07) is 11.2. The number of phenols is 2. The van der Waals surface area contributed by atoms with Crippen molar-refractivity contribution in [3.8, 4) is 11.5 Å². The molecule has 1 amide bonds. The second kappa shape index (κ2) is 6.38. The molecule has 6 heteroatoms. The van der Waals surface area contributed by atoms with Crippen LogP contribution in [-0.4, -0.2) is 22.3 Å². The van der Waals surface area contributed by atoms with Gasteiger partial charge in [-0.05, 0) is 46.9 Å². The molecule has 0 bridgehead atoms. The van der Waals surface area contributed by atoms with Gasteiger partial charge in [-0.15, -0.1) is 0 Å². The molecular weight excluding hydrogens is 371 g/mol. The van der Waals surface area contributed by atoms with Gasteiger partial charge in [-0.25, -0.2) is 5.43 Å². The first-order valence-electron chi connectivity index (χ1n) is 5.68. The summed E-state index contributed by atoms with van der Waals surface area (Å²) >= 11 is 2.07. The fourth-order valence-corrected chi connectivity index (χ4v) is 2.14. The van der Waals surface area contributed by atoms with Crippen molar-refractivity contribution in [3.05, 3.63) is 57.2 Å². The molecule has 0 atom stereocenters. The van der Waals surface area contributed by atoms with Crippen LogP contribution in [0.4, 0.5) is 0 Å². The zero-order valence-corrected chi connectivity index (χ0v) is 12.4. The molecule has 0 heterocycles. The summed E-state index contributed by atoms with van der Waals surface area (Å²) in [6.07, 6.45) is 1.31. The summed E-state index contributed by atoms with van der Waals surface area (Å²) in [7, 11) is 0. The Hall–Kier alpha value is -2.09. The van der Waals surface area contributed by atoms with E-state index in [1.54, 1.807) is 12.1 Å². The molecule has 0 aliphatic heterocycles. The molecular formula is C14H11IN2O3. The Morgan fingerprint density at radius 1 is 1.20 bits per heavy atom. The normalized spacial score (nSPS) is 10.7. The molecule has 2 rings (SSSR count). The largest absolute Gasteiger partial charge is 0.508 e. The molecule has 2 aromatic carbocycles. The number of amides is 1. The van der Waals surface area contributed by atoms with Gasteiger partial charge in [0.05, 0.1) is 11.8 Å². The van der Waals surface area contributed by atoms with Gasteiger partial charge in [0.25, 0.3) is 5.91 Å². The molecule has 0 saturated carbocycles. The average molecular weight is 382 g/mol. The summed E-state index contributed by atoms with van der Waals surface area (Å²) < 4.78 is 0.824. The monoisotopic (exact) mass is 382 g/mol. The lowest BCUT2D eigenvalue weighted by molar-refractivity contribution is 0.0954. The highest BCUT2D eigenvalue weighted by molar-refractivity contribution is 14.1. The second-order valence-electron chi connectivity index (χ2n) is 3.92. The van der Waals surface area contributed by atoms with Gasteiger partial charge >= 0.3 is 0 Å². The number of nitrogens with zero attached hydrogens (tertiary/aromatic N) is 1. The first-order chi connectivity index (χ1) is 9.58. The summed E-state index contributed by atoms with van der Waals surface area (Å²) in [6.45, 7) is 0. The van der Waals surface area contributed by atoms with Crippen LogP contribution in [0, 0.1) is 3.57 Å². The Morgan fingerprint density at radius 3 is 2.65 bits per heavy atom. The highest BCUT2D eigenvalue weighted by atomic mass is 127. The van der Waals surface area contributed by atoms with E-state index in [2.05, 4.69) is 33.1 Å². The van der Waals surface area contributed by atoms with Gasteiger partial charge in [-0.3, -0.25) is 4.79 Å². The fourth-order valence-electron chi connectivity index (χ4n) is 1.51. The van der Waals surface area contributed by atoms with Crippen LogP contribution in [-0.2, 0) is 0 Å². The minimum Gasteiger partial charge on any atom is -0.508 e. The van der Waals surface area contributed by atoms with Crippen molar-refractivity contribution in [2.24, 2.45) is 5.10 Å². The Labute approximate surface area is 129 Å². The minimum atomic E-state index is -0.329. The minimum absolute atomic E-state index is 0.0393. The number of halogens is 1.